The van der Waals surface area contributed by atoms with Crippen LogP contribution in [0.4, 0.5) is 5.69 Å². The molecular formula is C19H27N7O. The van der Waals surface area contributed by atoms with Gasteiger partial charge < -0.3 is 24.8 Å². The minimum atomic E-state index is 0.338. The summed E-state index contributed by atoms with van der Waals surface area (Å²) >= 11 is 0. The summed E-state index contributed by atoms with van der Waals surface area (Å²) in [6.07, 6.45) is 3.24. The molecule has 0 spiro atoms. The smallest absolute Gasteiger partial charge is 0.191 e. The van der Waals surface area contributed by atoms with E-state index in [0.29, 0.717) is 12.6 Å². The van der Waals surface area contributed by atoms with Crippen molar-refractivity contribution in [2.45, 2.75) is 38.4 Å². The molecule has 1 aromatic heterocycles. The van der Waals surface area contributed by atoms with Gasteiger partial charge in [-0.2, -0.15) is 0 Å². The van der Waals surface area contributed by atoms with Gasteiger partial charge in [-0.3, -0.25) is 4.99 Å². The molecule has 0 saturated carbocycles. The fraction of sp³-hybridized carbons (Fsp3) is 0.526. The van der Waals surface area contributed by atoms with Crippen molar-refractivity contribution in [3.8, 4) is 5.75 Å². The van der Waals surface area contributed by atoms with E-state index in [1.54, 1.807) is 14.2 Å². The molecule has 8 heteroatoms. The molecule has 1 fully saturated rings. The van der Waals surface area contributed by atoms with Crippen LogP contribution in [0.3, 0.4) is 0 Å². The van der Waals surface area contributed by atoms with Gasteiger partial charge in [0, 0.05) is 39.1 Å². The lowest BCUT2D eigenvalue weighted by Crippen LogP contribution is -2.44. The number of aromatic nitrogens is 3. The summed E-state index contributed by atoms with van der Waals surface area (Å²) in [5, 5.41) is 15.5. The highest BCUT2D eigenvalue weighted by atomic mass is 16.5. The minimum absolute atomic E-state index is 0.338. The summed E-state index contributed by atoms with van der Waals surface area (Å²) < 4.78 is 7.71. The second-order valence-electron chi connectivity index (χ2n) is 6.96. The first-order valence-corrected chi connectivity index (χ1v) is 9.54. The lowest BCUT2D eigenvalue weighted by Gasteiger charge is -2.22. The summed E-state index contributed by atoms with van der Waals surface area (Å²) in [6.45, 7) is 3.56. The lowest BCUT2D eigenvalue weighted by atomic mass is 10.2. The van der Waals surface area contributed by atoms with Crippen molar-refractivity contribution in [2.24, 2.45) is 4.99 Å². The highest BCUT2D eigenvalue weighted by Gasteiger charge is 2.25. The highest BCUT2D eigenvalue weighted by molar-refractivity contribution is 5.80. The third kappa shape index (κ3) is 3.70. The van der Waals surface area contributed by atoms with Crippen LogP contribution in [0.1, 0.15) is 24.5 Å². The summed E-state index contributed by atoms with van der Waals surface area (Å²) in [7, 11) is 3.52. The van der Waals surface area contributed by atoms with Gasteiger partial charge in [-0.1, -0.05) is 12.1 Å². The molecule has 144 valence electrons. The monoisotopic (exact) mass is 369 g/mol. The third-order valence-electron chi connectivity index (χ3n) is 5.28. The molecule has 1 aromatic carbocycles. The van der Waals surface area contributed by atoms with Crippen LogP contribution < -0.4 is 20.3 Å². The summed E-state index contributed by atoms with van der Waals surface area (Å²) in [5.41, 5.74) is 1.14. The molecule has 2 aliphatic heterocycles. The zero-order valence-electron chi connectivity index (χ0n) is 16.0. The standard InChI is InChI=1S/C19H27N7O/c1-20-19(21-12-18-24-23-17-8-5-10-26(17)18)22-14-9-11-25(13-14)15-6-3-4-7-16(15)27-2/h3-4,6-7,14H,5,8-13H2,1-2H3,(H2,20,21,22). The van der Waals surface area contributed by atoms with Crippen LogP contribution in [0, 0.1) is 0 Å². The predicted octanol–water partition coefficient (Wildman–Crippen LogP) is 1.18. The van der Waals surface area contributed by atoms with Crippen molar-refractivity contribution >= 4 is 11.6 Å². The van der Waals surface area contributed by atoms with E-state index in [4.69, 9.17) is 4.74 Å². The molecule has 1 saturated heterocycles. The number of hydrogen-bond donors (Lipinski definition) is 2. The average molecular weight is 369 g/mol. The predicted molar refractivity (Wildman–Crippen MR) is 105 cm³/mol. The normalized spacial score (nSPS) is 19.3. The number of methoxy groups -OCH3 is 1. The number of benzene rings is 1. The van der Waals surface area contributed by atoms with Crippen LogP contribution in [0.2, 0.25) is 0 Å². The van der Waals surface area contributed by atoms with Gasteiger partial charge in [-0.25, -0.2) is 0 Å². The molecule has 0 amide bonds. The summed E-state index contributed by atoms with van der Waals surface area (Å²) in [4.78, 5) is 6.73. The van der Waals surface area contributed by atoms with E-state index in [2.05, 4.69) is 47.4 Å². The van der Waals surface area contributed by atoms with Crippen LogP contribution in [0.15, 0.2) is 29.3 Å². The molecule has 1 atom stereocenters. The van der Waals surface area contributed by atoms with Gasteiger partial charge >= 0.3 is 0 Å². The van der Waals surface area contributed by atoms with E-state index < -0.39 is 0 Å². The highest BCUT2D eigenvalue weighted by Crippen LogP contribution is 2.30. The Morgan fingerprint density at radius 2 is 2.19 bits per heavy atom. The number of aliphatic imine (C=N–C) groups is 1. The molecule has 8 nitrogen and oxygen atoms in total. The molecule has 2 aliphatic rings. The maximum atomic E-state index is 5.50. The number of nitrogens with one attached hydrogen (secondary N) is 2. The Morgan fingerprint density at radius 3 is 3.04 bits per heavy atom. The number of rotatable bonds is 5. The van der Waals surface area contributed by atoms with Gasteiger partial charge in [0.05, 0.1) is 19.3 Å². The molecule has 1 unspecified atom stereocenters. The molecule has 0 aliphatic carbocycles. The number of nitrogens with zero attached hydrogens (tertiary/aromatic N) is 5. The second kappa shape index (κ2) is 7.85. The van der Waals surface area contributed by atoms with E-state index in [1.807, 2.05) is 12.1 Å². The van der Waals surface area contributed by atoms with Crippen molar-refractivity contribution in [3.63, 3.8) is 0 Å². The number of anilines is 1. The maximum absolute atomic E-state index is 5.50. The Kier molecular flexibility index (Phi) is 5.13. The first-order valence-electron chi connectivity index (χ1n) is 9.54. The molecule has 0 radical (unpaired) electrons. The first kappa shape index (κ1) is 17.6. The molecule has 2 aromatic rings. The average Bonchev–Trinajstić information content (AvgIpc) is 3.43. The molecule has 4 rings (SSSR count). The Bertz CT molecular complexity index is 816. The molecule has 3 heterocycles. The lowest BCUT2D eigenvalue weighted by molar-refractivity contribution is 0.415. The Labute approximate surface area is 159 Å². The number of fused-ring (bicyclic) bond motifs is 1. The minimum Gasteiger partial charge on any atom is -0.495 e. The van der Waals surface area contributed by atoms with Crippen LogP contribution in [-0.2, 0) is 19.5 Å². The zero-order chi connectivity index (χ0) is 18.6. The zero-order valence-corrected chi connectivity index (χ0v) is 16.0. The van der Waals surface area contributed by atoms with Crippen molar-refractivity contribution in [1.29, 1.82) is 0 Å². The Hall–Kier alpha value is -2.77. The van der Waals surface area contributed by atoms with Gasteiger partial charge in [0.1, 0.15) is 11.6 Å². The Morgan fingerprint density at radius 1 is 1.30 bits per heavy atom. The maximum Gasteiger partial charge on any atom is 0.191 e. The van der Waals surface area contributed by atoms with Crippen molar-refractivity contribution in [3.05, 3.63) is 35.9 Å². The fourth-order valence-electron chi connectivity index (χ4n) is 3.88. The summed E-state index contributed by atoms with van der Waals surface area (Å²) in [5.74, 6) is 3.80. The van der Waals surface area contributed by atoms with E-state index in [-0.39, 0.29) is 0 Å². The van der Waals surface area contributed by atoms with Gasteiger partial charge in [0.15, 0.2) is 11.8 Å². The van der Waals surface area contributed by atoms with Crippen molar-refractivity contribution < 1.29 is 4.74 Å². The molecule has 0 bridgehead atoms. The number of para-hydroxylation sites is 2. The number of hydrogen-bond acceptors (Lipinski definition) is 5. The van der Waals surface area contributed by atoms with Crippen LogP contribution in [0.5, 0.6) is 5.75 Å². The molecule has 27 heavy (non-hydrogen) atoms. The Balaban J connectivity index is 1.33. The quantitative estimate of drug-likeness (QED) is 0.609. The van der Waals surface area contributed by atoms with E-state index >= 15 is 0 Å². The molecule has 2 N–H and O–H groups in total. The summed E-state index contributed by atoms with van der Waals surface area (Å²) in [6, 6.07) is 8.51. The number of aryl methyl sites for hydroxylation is 1. The van der Waals surface area contributed by atoms with E-state index in [1.165, 1.54) is 0 Å². The van der Waals surface area contributed by atoms with Crippen LogP contribution in [-0.4, -0.2) is 54.0 Å². The van der Waals surface area contributed by atoms with Crippen LogP contribution in [0.25, 0.3) is 0 Å². The van der Waals surface area contributed by atoms with Gasteiger partial charge in [-0.15, -0.1) is 10.2 Å². The van der Waals surface area contributed by atoms with Gasteiger partial charge in [0.25, 0.3) is 0 Å². The van der Waals surface area contributed by atoms with E-state index in [0.717, 1.165) is 67.9 Å². The van der Waals surface area contributed by atoms with Crippen molar-refractivity contribution in [2.75, 3.05) is 32.1 Å². The molecular weight excluding hydrogens is 342 g/mol. The number of ether oxygens (including phenoxy) is 1. The first-order chi connectivity index (χ1) is 13.3. The topological polar surface area (TPSA) is 79.6 Å². The van der Waals surface area contributed by atoms with Gasteiger partial charge in [0.2, 0.25) is 0 Å². The third-order valence-corrected chi connectivity index (χ3v) is 5.28. The second-order valence-corrected chi connectivity index (χ2v) is 6.96. The van der Waals surface area contributed by atoms with Crippen LogP contribution >= 0.6 is 0 Å². The van der Waals surface area contributed by atoms with Gasteiger partial charge in [-0.05, 0) is 25.0 Å². The van der Waals surface area contributed by atoms with E-state index in [9.17, 15) is 0 Å². The largest absolute Gasteiger partial charge is 0.495 e. The SMILES string of the molecule is CN=C(NCc1nnc2n1CCC2)NC1CCN(c2ccccc2OC)C1. The van der Waals surface area contributed by atoms with Crippen molar-refractivity contribution in [1.82, 2.24) is 25.4 Å². The fourth-order valence-corrected chi connectivity index (χ4v) is 3.88. The number of guanidine groups is 1.